The van der Waals surface area contributed by atoms with Gasteiger partial charge in [-0.2, -0.15) is 0 Å². The molecule has 7 nitrogen and oxygen atoms in total. The Bertz CT molecular complexity index is 1120. The molecule has 30 heavy (non-hydrogen) atoms. The molecular weight excluding hydrogens is 386 g/mol. The molecule has 0 aliphatic heterocycles. The van der Waals surface area contributed by atoms with Crippen molar-refractivity contribution < 1.29 is 24.0 Å². The number of rotatable bonds is 7. The third-order valence-corrected chi connectivity index (χ3v) is 4.87. The zero-order chi connectivity index (χ0) is 21.7. The highest BCUT2D eigenvalue weighted by Gasteiger charge is 2.21. The molecule has 1 unspecified atom stereocenters. The van der Waals surface area contributed by atoms with E-state index in [1.54, 1.807) is 41.9 Å². The number of benzene rings is 2. The molecule has 0 bridgehead atoms. The van der Waals surface area contributed by atoms with Gasteiger partial charge in [0.25, 0.3) is 0 Å². The van der Waals surface area contributed by atoms with Crippen LogP contribution in [-0.2, 0) is 22.4 Å². The lowest BCUT2D eigenvalue weighted by Gasteiger charge is -2.15. The van der Waals surface area contributed by atoms with Crippen LogP contribution in [-0.4, -0.2) is 17.1 Å². The summed E-state index contributed by atoms with van der Waals surface area (Å²) in [5.74, 6) is -1.13. The fourth-order valence-electron chi connectivity index (χ4n) is 3.34. The van der Waals surface area contributed by atoms with Crippen LogP contribution in [0.5, 0.6) is 5.75 Å². The van der Waals surface area contributed by atoms with E-state index in [4.69, 9.17) is 14.4 Å². The molecule has 0 aliphatic carbocycles. The highest BCUT2D eigenvalue weighted by molar-refractivity contribution is 5.79. The molecule has 156 valence electrons. The zero-order valence-electron chi connectivity index (χ0n) is 16.8. The summed E-state index contributed by atoms with van der Waals surface area (Å²) in [6, 6.07) is 14.2. The Balaban J connectivity index is 1.76. The van der Waals surface area contributed by atoms with Crippen LogP contribution in [0.25, 0.3) is 11.0 Å². The van der Waals surface area contributed by atoms with Crippen molar-refractivity contribution in [2.45, 2.75) is 33.1 Å². The Morgan fingerprint density at radius 2 is 1.87 bits per heavy atom. The molecule has 0 radical (unpaired) electrons. The van der Waals surface area contributed by atoms with E-state index in [1.807, 2.05) is 19.1 Å². The molecular formula is C23H23NO6. The standard InChI is InChI=1S/C23H23NO6/c1-14-3-10-21-18(11-14)13-19(23(27)30-21)12-17(22(26)24-28)7-4-16-5-8-20(9-6-16)29-15(2)25/h3,5-6,8-11,13,17,28H,4,7,12H2,1-2H3,(H,24,26). The van der Waals surface area contributed by atoms with Crippen LogP contribution >= 0.6 is 0 Å². The second kappa shape index (κ2) is 9.37. The van der Waals surface area contributed by atoms with Crippen LogP contribution in [0.3, 0.4) is 0 Å². The van der Waals surface area contributed by atoms with Crippen LogP contribution in [0.2, 0.25) is 0 Å². The van der Waals surface area contributed by atoms with E-state index in [1.165, 1.54) is 6.92 Å². The second-order valence-corrected chi connectivity index (χ2v) is 7.25. The van der Waals surface area contributed by atoms with Crippen molar-refractivity contribution in [2.75, 3.05) is 0 Å². The van der Waals surface area contributed by atoms with E-state index in [9.17, 15) is 14.4 Å². The molecule has 1 amide bonds. The third kappa shape index (κ3) is 5.33. The number of hydroxylamine groups is 1. The zero-order valence-corrected chi connectivity index (χ0v) is 16.8. The number of carbonyl (C=O) groups is 2. The summed E-state index contributed by atoms with van der Waals surface area (Å²) in [5, 5.41) is 9.91. The molecule has 1 aromatic heterocycles. The molecule has 0 fully saturated rings. The van der Waals surface area contributed by atoms with Gasteiger partial charge in [0.2, 0.25) is 5.91 Å². The maximum absolute atomic E-state index is 12.4. The first-order valence-electron chi connectivity index (χ1n) is 9.60. The lowest BCUT2D eigenvalue weighted by Crippen LogP contribution is -2.31. The average Bonchev–Trinajstić information content (AvgIpc) is 2.71. The van der Waals surface area contributed by atoms with Gasteiger partial charge in [-0.1, -0.05) is 23.8 Å². The molecule has 2 aromatic carbocycles. The molecule has 3 rings (SSSR count). The maximum Gasteiger partial charge on any atom is 0.339 e. The molecule has 7 heteroatoms. The summed E-state index contributed by atoms with van der Waals surface area (Å²) < 4.78 is 10.4. The van der Waals surface area contributed by atoms with E-state index in [0.29, 0.717) is 29.7 Å². The predicted molar refractivity (Wildman–Crippen MR) is 110 cm³/mol. The monoisotopic (exact) mass is 409 g/mol. The van der Waals surface area contributed by atoms with Crippen molar-refractivity contribution in [3.63, 3.8) is 0 Å². The quantitative estimate of drug-likeness (QED) is 0.204. The van der Waals surface area contributed by atoms with Crippen LogP contribution in [0.15, 0.2) is 57.7 Å². The number of hydrogen-bond donors (Lipinski definition) is 2. The Morgan fingerprint density at radius 1 is 1.13 bits per heavy atom. The number of ether oxygens (including phenoxy) is 1. The van der Waals surface area contributed by atoms with Crippen LogP contribution in [0.1, 0.15) is 30.0 Å². The number of aryl methyl sites for hydroxylation is 2. The highest BCUT2D eigenvalue weighted by Crippen LogP contribution is 2.20. The van der Waals surface area contributed by atoms with Crippen LogP contribution in [0, 0.1) is 12.8 Å². The summed E-state index contributed by atoms with van der Waals surface area (Å²) in [6.07, 6.45) is 1.09. The number of amides is 1. The highest BCUT2D eigenvalue weighted by atomic mass is 16.5. The van der Waals surface area contributed by atoms with Gasteiger partial charge in [0.1, 0.15) is 11.3 Å². The Kier molecular flexibility index (Phi) is 6.64. The Morgan fingerprint density at radius 3 is 2.53 bits per heavy atom. The maximum atomic E-state index is 12.4. The van der Waals surface area contributed by atoms with Crippen LogP contribution < -0.4 is 15.8 Å². The van der Waals surface area contributed by atoms with Crippen LogP contribution in [0.4, 0.5) is 0 Å². The van der Waals surface area contributed by atoms with Gasteiger partial charge in [-0.15, -0.1) is 0 Å². The first kappa shape index (κ1) is 21.3. The van der Waals surface area contributed by atoms with Crippen molar-refractivity contribution in [2.24, 2.45) is 5.92 Å². The van der Waals surface area contributed by atoms with E-state index in [-0.39, 0.29) is 6.42 Å². The minimum atomic E-state index is -0.617. The molecule has 0 saturated heterocycles. The number of esters is 1. The Hall–Kier alpha value is -3.45. The van der Waals surface area contributed by atoms with Crippen molar-refractivity contribution >= 4 is 22.8 Å². The smallest absolute Gasteiger partial charge is 0.339 e. The second-order valence-electron chi connectivity index (χ2n) is 7.25. The van der Waals surface area contributed by atoms with Gasteiger partial charge in [-0.05, 0) is 62.1 Å². The summed E-state index contributed by atoms with van der Waals surface area (Å²) in [7, 11) is 0. The topological polar surface area (TPSA) is 106 Å². The first-order chi connectivity index (χ1) is 14.4. The van der Waals surface area contributed by atoms with E-state index in [2.05, 4.69) is 0 Å². The predicted octanol–water partition coefficient (Wildman–Crippen LogP) is 3.32. The van der Waals surface area contributed by atoms with Crippen molar-refractivity contribution in [3.8, 4) is 5.75 Å². The summed E-state index contributed by atoms with van der Waals surface area (Å²) in [5.41, 5.74) is 4.03. The lowest BCUT2D eigenvalue weighted by atomic mass is 9.92. The largest absolute Gasteiger partial charge is 0.427 e. The summed E-state index contributed by atoms with van der Waals surface area (Å²) in [6.45, 7) is 3.27. The van der Waals surface area contributed by atoms with E-state index >= 15 is 0 Å². The van der Waals surface area contributed by atoms with E-state index in [0.717, 1.165) is 16.5 Å². The van der Waals surface area contributed by atoms with E-state index < -0.39 is 23.4 Å². The van der Waals surface area contributed by atoms with Gasteiger partial charge in [0, 0.05) is 23.8 Å². The molecule has 0 aliphatic rings. The SMILES string of the molecule is CC(=O)Oc1ccc(CCC(Cc2cc3cc(C)ccc3oc2=O)C(=O)NO)cc1. The fourth-order valence-corrected chi connectivity index (χ4v) is 3.34. The van der Waals surface area contributed by atoms with Gasteiger partial charge in [0.15, 0.2) is 0 Å². The average molecular weight is 409 g/mol. The molecule has 1 atom stereocenters. The minimum Gasteiger partial charge on any atom is -0.427 e. The van der Waals surface area contributed by atoms with Gasteiger partial charge >= 0.3 is 11.6 Å². The van der Waals surface area contributed by atoms with Crippen molar-refractivity contribution in [1.29, 1.82) is 0 Å². The van der Waals surface area contributed by atoms with Gasteiger partial charge in [0.05, 0.1) is 0 Å². The molecule has 0 spiro atoms. The number of carbonyl (C=O) groups excluding carboxylic acids is 2. The molecule has 1 heterocycles. The van der Waals surface area contributed by atoms with Crippen molar-refractivity contribution in [3.05, 3.63) is 75.6 Å². The molecule has 3 aromatic rings. The molecule has 2 N–H and O–H groups in total. The first-order valence-corrected chi connectivity index (χ1v) is 9.60. The fraction of sp³-hybridized carbons (Fsp3) is 0.261. The minimum absolute atomic E-state index is 0.143. The van der Waals surface area contributed by atoms with Gasteiger partial charge in [-0.3, -0.25) is 14.8 Å². The number of fused-ring (bicyclic) bond motifs is 1. The summed E-state index contributed by atoms with van der Waals surface area (Å²) in [4.78, 5) is 35.6. The lowest BCUT2D eigenvalue weighted by molar-refractivity contribution is -0.133. The van der Waals surface area contributed by atoms with Gasteiger partial charge < -0.3 is 9.15 Å². The Labute approximate surface area is 173 Å². The summed E-state index contributed by atoms with van der Waals surface area (Å²) >= 11 is 0. The third-order valence-electron chi connectivity index (χ3n) is 4.87. The van der Waals surface area contributed by atoms with Gasteiger partial charge in [-0.25, -0.2) is 10.3 Å². The molecule has 0 saturated carbocycles. The number of nitrogens with one attached hydrogen (secondary N) is 1. The number of hydrogen-bond acceptors (Lipinski definition) is 6. The van der Waals surface area contributed by atoms with Crippen molar-refractivity contribution in [1.82, 2.24) is 5.48 Å². The normalized spacial score (nSPS) is 11.8.